The smallest absolute Gasteiger partial charge is 0.338 e. The fourth-order valence-corrected chi connectivity index (χ4v) is 4.31. The molecule has 4 aromatic rings. The van der Waals surface area contributed by atoms with Crippen LogP contribution in [0, 0.1) is 0 Å². The maximum absolute atomic E-state index is 12.0. The molecule has 3 aromatic heterocycles. The third-order valence-electron chi connectivity index (χ3n) is 5.58. The van der Waals surface area contributed by atoms with Crippen LogP contribution in [0.15, 0.2) is 30.7 Å². The summed E-state index contributed by atoms with van der Waals surface area (Å²) in [6.07, 6.45) is 3.30. The van der Waals surface area contributed by atoms with Crippen molar-refractivity contribution in [3.63, 3.8) is 0 Å². The number of carbonyl (C=O) groups excluding carboxylic acids is 1. The number of anilines is 2. The van der Waals surface area contributed by atoms with Gasteiger partial charge < -0.3 is 24.5 Å². The molecule has 1 aromatic carbocycles. The van der Waals surface area contributed by atoms with Crippen LogP contribution in [0.5, 0.6) is 0 Å². The Labute approximate surface area is 183 Å². The first-order valence-corrected chi connectivity index (χ1v) is 10.6. The van der Waals surface area contributed by atoms with Gasteiger partial charge in [-0.25, -0.2) is 19.7 Å². The summed E-state index contributed by atoms with van der Waals surface area (Å²) in [6.45, 7) is 6.59. The van der Waals surface area contributed by atoms with Gasteiger partial charge in [0.2, 0.25) is 5.95 Å². The highest BCUT2D eigenvalue weighted by Crippen LogP contribution is 2.32. The van der Waals surface area contributed by atoms with E-state index in [1.54, 1.807) is 31.6 Å². The number of carbonyl (C=O) groups is 1. The minimum absolute atomic E-state index is 0.182. The number of halogens is 1. The molecule has 31 heavy (non-hydrogen) atoms. The van der Waals surface area contributed by atoms with E-state index in [1.165, 1.54) is 0 Å². The molecule has 2 N–H and O–H groups in total. The Bertz CT molecular complexity index is 1270. The molecular formula is C21H22ClN7O2. The van der Waals surface area contributed by atoms with Crippen LogP contribution < -0.4 is 9.80 Å². The monoisotopic (exact) mass is 439 g/mol. The molecule has 0 radical (unpaired) electrons. The number of hydrogen-bond acceptors (Lipinski definition) is 7. The van der Waals surface area contributed by atoms with Crippen LogP contribution in [-0.4, -0.2) is 63.2 Å². The molecule has 4 heterocycles. The highest BCUT2D eigenvalue weighted by Gasteiger charge is 2.28. The van der Waals surface area contributed by atoms with Gasteiger partial charge in [-0.05, 0) is 32.0 Å². The normalized spacial score (nSPS) is 16.9. The van der Waals surface area contributed by atoms with Gasteiger partial charge in [0.1, 0.15) is 17.8 Å². The highest BCUT2D eigenvalue weighted by atomic mass is 35.5. The summed E-state index contributed by atoms with van der Waals surface area (Å²) < 4.78 is 5.09. The number of nitrogens with one attached hydrogen (secondary N) is 2. The number of rotatable bonds is 4. The SMILES string of the molecule is CCOC(=O)c1ccc2nc(N3CCN(c4ncnc5[nH]cc(Cl)c45)[C@H](C)C3)[nH]c2c1. The van der Waals surface area contributed by atoms with Crippen molar-refractivity contribution in [1.29, 1.82) is 0 Å². The summed E-state index contributed by atoms with van der Waals surface area (Å²) >= 11 is 6.37. The fraction of sp³-hybridized carbons (Fsp3) is 0.333. The molecule has 9 nitrogen and oxygen atoms in total. The Kier molecular flexibility index (Phi) is 4.90. The number of imidazole rings is 1. The van der Waals surface area contributed by atoms with Gasteiger partial charge in [0.15, 0.2) is 0 Å². The molecule has 1 saturated heterocycles. The molecule has 1 aliphatic rings. The van der Waals surface area contributed by atoms with Crippen molar-refractivity contribution in [3.8, 4) is 0 Å². The predicted octanol–water partition coefficient (Wildman–Crippen LogP) is 3.38. The molecule has 0 saturated carbocycles. The van der Waals surface area contributed by atoms with Crippen molar-refractivity contribution in [1.82, 2.24) is 24.9 Å². The van der Waals surface area contributed by atoms with Gasteiger partial charge in [-0.3, -0.25) is 0 Å². The highest BCUT2D eigenvalue weighted by molar-refractivity contribution is 6.36. The van der Waals surface area contributed by atoms with Crippen LogP contribution in [0.4, 0.5) is 11.8 Å². The lowest BCUT2D eigenvalue weighted by Crippen LogP contribution is -2.52. The Hall–Kier alpha value is -3.33. The first-order chi connectivity index (χ1) is 15.0. The lowest BCUT2D eigenvalue weighted by atomic mass is 10.2. The number of ether oxygens (including phenoxy) is 1. The van der Waals surface area contributed by atoms with Gasteiger partial charge in [-0.1, -0.05) is 11.6 Å². The number of aromatic nitrogens is 5. The average molecular weight is 440 g/mol. The third kappa shape index (κ3) is 3.44. The van der Waals surface area contributed by atoms with Gasteiger partial charge in [-0.2, -0.15) is 0 Å². The average Bonchev–Trinajstić information content (AvgIpc) is 3.37. The topological polar surface area (TPSA) is 103 Å². The van der Waals surface area contributed by atoms with Crippen molar-refractivity contribution >= 4 is 51.4 Å². The molecular weight excluding hydrogens is 418 g/mol. The number of H-pyrrole nitrogens is 2. The second-order valence-corrected chi connectivity index (χ2v) is 7.97. The number of piperazine rings is 1. The lowest BCUT2D eigenvalue weighted by Gasteiger charge is -2.40. The van der Waals surface area contributed by atoms with Crippen molar-refractivity contribution in [2.45, 2.75) is 19.9 Å². The van der Waals surface area contributed by atoms with E-state index in [4.69, 9.17) is 21.3 Å². The van der Waals surface area contributed by atoms with Crippen molar-refractivity contribution in [2.75, 3.05) is 36.0 Å². The minimum Gasteiger partial charge on any atom is -0.462 e. The predicted molar refractivity (Wildman–Crippen MR) is 120 cm³/mol. The largest absolute Gasteiger partial charge is 0.462 e. The van der Waals surface area contributed by atoms with Crippen molar-refractivity contribution in [3.05, 3.63) is 41.3 Å². The first-order valence-electron chi connectivity index (χ1n) is 10.2. The first kappa shape index (κ1) is 19.6. The van der Waals surface area contributed by atoms with Crippen LogP contribution in [-0.2, 0) is 4.74 Å². The van der Waals surface area contributed by atoms with Gasteiger partial charge in [-0.15, -0.1) is 0 Å². The zero-order valence-electron chi connectivity index (χ0n) is 17.2. The summed E-state index contributed by atoms with van der Waals surface area (Å²) in [5, 5.41) is 1.47. The van der Waals surface area contributed by atoms with Gasteiger partial charge in [0.05, 0.1) is 33.6 Å². The molecule has 0 unspecified atom stereocenters. The van der Waals surface area contributed by atoms with E-state index in [-0.39, 0.29) is 12.0 Å². The van der Waals surface area contributed by atoms with Crippen molar-refractivity contribution < 1.29 is 9.53 Å². The Morgan fingerprint density at radius 2 is 2.19 bits per heavy atom. The number of nitrogens with zero attached hydrogens (tertiary/aromatic N) is 5. The van der Waals surface area contributed by atoms with E-state index in [0.29, 0.717) is 17.2 Å². The van der Waals surface area contributed by atoms with E-state index in [2.05, 4.69) is 36.7 Å². The summed E-state index contributed by atoms with van der Waals surface area (Å²) in [7, 11) is 0. The molecule has 5 rings (SSSR count). The molecule has 0 amide bonds. The van der Waals surface area contributed by atoms with Gasteiger partial charge in [0, 0.05) is 31.9 Å². The zero-order chi connectivity index (χ0) is 21.5. The number of fused-ring (bicyclic) bond motifs is 2. The Morgan fingerprint density at radius 3 is 3.00 bits per heavy atom. The number of aromatic amines is 2. The molecule has 1 fully saturated rings. The maximum Gasteiger partial charge on any atom is 0.338 e. The van der Waals surface area contributed by atoms with Crippen LogP contribution >= 0.6 is 11.6 Å². The molecule has 160 valence electrons. The number of esters is 1. The van der Waals surface area contributed by atoms with Crippen LogP contribution in [0.2, 0.25) is 5.02 Å². The second-order valence-electron chi connectivity index (χ2n) is 7.56. The Morgan fingerprint density at radius 1 is 1.32 bits per heavy atom. The molecule has 1 aliphatic heterocycles. The maximum atomic E-state index is 12.0. The number of benzene rings is 1. The fourth-order valence-electron chi connectivity index (χ4n) is 4.08. The van der Waals surface area contributed by atoms with Crippen molar-refractivity contribution in [2.24, 2.45) is 0 Å². The van der Waals surface area contributed by atoms with Crippen LogP contribution in [0.25, 0.3) is 22.1 Å². The second kappa shape index (κ2) is 7.73. The van der Waals surface area contributed by atoms with Crippen LogP contribution in [0.3, 0.4) is 0 Å². The van der Waals surface area contributed by atoms with E-state index in [1.807, 2.05) is 6.07 Å². The molecule has 1 atom stereocenters. The summed E-state index contributed by atoms with van der Waals surface area (Å²) in [4.78, 5) is 36.4. The summed E-state index contributed by atoms with van der Waals surface area (Å²) in [6, 6.07) is 5.55. The lowest BCUT2D eigenvalue weighted by molar-refractivity contribution is 0.0526. The van der Waals surface area contributed by atoms with Crippen LogP contribution in [0.1, 0.15) is 24.2 Å². The zero-order valence-corrected chi connectivity index (χ0v) is 18.0. The van der Waals surface area contributed by atoms with E-state index in [9.17, 15) is 4.79 Å². The third-order valence-corrected chi connectivity index (χ3v) is 5.88. The standard InChI is InChI=1S/C21H22ClN7O2/c1-3-31-20(30)13-4-5-15-16(8-13)27-21(26-15)28-6-7-29(12(2)10-28)19-17-14(22)9-23-18(17)24-11-25-19/h4-5,8-9,11-12H,3,6-7,10H2,1-2H3,(H,26,27)(H,23,24,25)/t12-/m1/s1. The van der Waals surface area contributed by atoms with E-state index < -0.39 is 0 Å². The van der Waals surface area contributed by atoms with E-state index in [0.717, 1.165) is 53.5 Å². The summed E-state index contributed by atoms with van der Waals surface area (Å²) in [5.41, 5.74) is 2.88. The molecule has 10 heteroatoms. The number of hydrogen-bond donors (Lipinski definition) is 2. The van der Waals surface area contributed by atoms with E-state index >= 15 is 0 Å². The quantitative estimate of drug-likeness (QED) is 0.470. The molecule has 0 bridgehead atoms. The molecule has 0 spiro atoms. The van der Waals surface area contributed by atoms with Gasteiger partial charge in [0.25, 0.3) is 0 Å². The Balaban J connectivity index is 1.38. The summed E-state index contributed by atoms with van der Waals surface area (Å²) in [5.74, 6) is 1.30. The van der Waals surface area contributed by atoms with Gasteiger partial charge >= 0.3 is 5.97 Å². The minimum atomic E-state index is -0.331. The molecule has 0 aliphatic carbocycles.